The molecule has 0 spiro atoms. The minimum absolute atomic E-state index is 0.269. The van der Waals surface area contributed by atoms with Crippen molar-refractivity contribution in [1.29, 1.82) is 0 Å². The Morgan fingerprint density at radius 1 is 1.04 bits per heavy atom. The lowest BCUT2D eigenvalue weighted by Crippen LogP contribution is -2.19. The number of amides is 2. The Balaban J connectivity index is 1.79. The van der Waals surface area contributed by atoms with Gasteiger partial charge in [-0.2, -0.15) is 0 Å². The maximum absolute atomic E-state index is 12.2. The number of thiazole rings is 1. The fourth-order valence-electron chi connectivity index (χ4n) is 2.31. The van der Waals surface area contributed by atoms with Crippen LogP contribution in [0.5, 0.6) is 0 Å². The van der Waals surface area contributed by atoms with Crippen molar-refractivity contribution < 1.29 is 4.79 Å². The van der Waals surface area contributed by atoms with Gasteiger partial charge in [0.2, 0.25) is 0 Å². The zero-order valence-electron chi connectivity index (χ0n) is 13.0. The summed E-state index contributed by atoms with van der Waals surface area (Å²) in [7, 11) is 0. The van der Waals surface area contributed by atoms with Crippen LogP contribution in [-0.4, -0.2) is 11.0 Å². The van der Waals surface area contributed by atoms with E-state index in [4.69, 9.17) is 0 Å². The molecule has 0 unspecified atom stereocenters. The minimum Gasteiger partial charge on any atom is -0.308 e. The first kappa shape index (κ1) is 15.2. The van der Waals surface area contributed by atoms with Gasteiger partial charge in [-0.1, -0.05) is 30.3 Å². The summed E-state index contributed by atoms with van der Waals surface area (Å²) in [6.45, 7) is 3.96. The SMILES string of the molecule is Cc1cccc(NC(=O)Nc2ccccc2-c2csc(C)n2)c1. The molecule has 1 heterocycles. The fourth-order valence-corrected chi connectivity index (χ4v) is 2.92. The smallest absolute Gasteiger partial charge is 0.308 e. The van der Waals surface area contributed by atoms with Gasteiger partial charge in [0, 0.05) is 16.6 Å². The molecule has 0 aliphatic heterocycles. The van der Waals surface area contributed by atoms with Crippen LogP contribution in [0.1, 0.15) is 10.6 Å². The number of urea groups is 1. The number of para-hydroxylation sites is 1. The Bertz CT molecular complexity index is 842. The van der Waals surface area contributed by atoms with Crippen LogP contribution in [0, 0.1) is 13.8 Å². The van der Waals surface area contributed by atoms with E-state index in [9.17, 15) is 4.79 Å². The maximum atomic E-state index is 12.2. The largest absolute Gasteiger partial charge is 0.323 e. The number of rotatable bonds is 3. The molecule has 4 nitrogen and oxygen atoms in total. The van der Waals surface area contributed by atoms with Crippen LogP contribution in [0.15, 0.2) is 53.9 Å². The van der Waals surface area contributed by atoms with Gasteiger partial charge in [0.25, 0.3) is 0 Å². The normalized spacial score (nSPS) is 10.3. The number of aryl methyl sites for hydroxylation is 2. The van der Waals surface area contributed by atoms with Gasteiger partial charge in [-0.15, -0.1) is 11.3 Å². The predicted molar refractivity (Wildman–Crippen MR) is 96.1 cm³/mol. The van der Waals surface area contributed by atoms with E-state index in [-0.39, 0.29) is 6.03 Å². The summed E-state index contributed by atoms with van der Waals surface area (Å²) in [5, 5.41) is 8.74. The molecule has 5 heteroatoms. The predicted octanol–water partition coefficient (Wildman–Crippen LogP) is 5.07. The highest BCUT2D eigenvalue weighted by atomic mass is 32.1. The van der Waals surface area contributed by atoms with Crippen LogP contribution in [0.25, 0.3) is 11.3 Å². The number of anilines is 2. The third-order valence-electron chi connectivity index (χ3n) is 3.35. The molecular formula is C18H17N3OS. The van der Waals surface area contributed by atoms with Crippen molar-refractivity contribution >= 4 is 28.7 Å². The van der Waals surface area contributed by atoms with E-state index in [0.717, 1.165) is 33.2 Å². The summed E-state index contributed by atoms with van der Waals surface area (Å²) >= 11 is 1.59. The van der Waals surface area contributed by atoms with Gasteiger partial charge in [0.15, 0.2) is 0 Å². The van der Waals surface area contributed by atoms with Crippen LogP contribution in [-0.2, 0) is 0 Å². The molecule has 0 aliphatic rings. The van der Waals surface area contributed by atoms with E-state index < -0.39 is 0 Å². The van der Waals surface area contributed by atoms with Crippen LogP contribution in [0.2, 0.25) is 0 Å². The van der Waals surface area contributed by atoms with E-state index in [0.29, 0.717) is 0 Å². The van der Waals surface area contributed by atoms with Crippen LogP contribution in [0.4, 0.5) is 16.2 Å². The van der Waals surface area contributed by atoms with Crippen molar-refractivity contribution in [2.24, 2.45) is 0 Å². The number of hydrogen-bond donors (Lipinski definition) is 2. The number of benzene rings is 2. The molecule has 2 amide bonds. The highest BCUT2D eigenvalue weighted by molar-refractivity contribution is 7.09. The first-order valence-corrected chi connectivity index (χ1v) is 8.16. The molecule has 0 bridgehead atoms. The molecule has 0 saturated heterocycles. The van der Waals surface area contributed by atoms with Crippen molar-refractivity contribution in [3.8, 4) is 11.3 Å². The molecule has 3 aromatic rings. The number of carbonyl (C=O) groups is 1. The van der Waals surface area contributed by atoms with Crippen LogP contribution in [0.3, 0.4) is 0 Å². The topological polar surface area (TPSA) is 54.0 Å². The quantitative estimate of drug-likeness (QED) is 0.707. The van der Waals surface area contributed by atoms with Crippen LogP contribution < -0.4 is 10.6 Å². The first-order chi connectivity index (χ1) is 11.1. The van der Waals surface area contributed by atoms with Crippen molar-refractivity contribution in [3.63, 3.8) is 0 Å². The number of carbonyl (C=O) groups excluding carboxylic acids is 1. The summed E-state index contributed by atoms with van der Waals surface area (Å²) < 4.78 is 0. The number of nitrogens with zero attached hydrogens (tertiary/aromatic N) is 1. The molecule has 0 radical (unpaired) electrons. The molecular weight excluding hydrogens is 306 g/mol. The lowest BCUT2D eigenvalue weighted by Gasteiger charge is -2.11. The zero-order valence-corrected chi connectivity index (χ0v) is 13.8. The zero-order chi connectivity index (χ0) is 16.2. The third-order valence-corrected chi connectivity index (χ3v) is 4.12. The van der Waals surface area contributed by atoms with Crippen LogP contribution >= 0.6 is 11.3 Å². The standard InChI is InChI=1S/C18H17N3OS/c1-12-6-5-7-14(10-12)20-18(22)21-16-9-4-3-8-15(16)17-11-23-13(2)19-17/h3-11H,1-2H3,(H2,20,21,22). The number of aromatic nitrogens is 1. The van der Waals surface area contributed by atoms with Gasteiger partial charge in [0.05, 0.1) is 16.4 Å². The Morgan fingerprint density at radius 3 is 2.61 bits per heavy atom. The van der Waals surface area contributed by atoms with Gasteiger partial charge in [-0.05, 0) is 37.6 Å². The van der Waals surface area contributed by atoms with Crippen molar-refractivity contribution in [1.82, 2.24) is 4.98 Å². The monoisotopic (exact) mass is 323 g/mol. The minimum atomic E-state index is -0.269. The van der Waals surface area contributed by atoms with Gasteiger partial charge in [0.1, 0.15) is 0 Å². The van der Waals surface area contributed by atoms with Crippen molar-refractivity contribution in [3.05, 3.63) is 64.5 Å². The highest BCUT2D eigenvalue weighted by Crippen LogP contribution is 2.28. The molecule has 1 aromatic heterocycles. The molecule has 0 fully saturated rings. The summed E-state index contributed by atoms with van der Waals surface area (Å²) in [5.41, 5.74) is 4.39. The van der Waals surface area contributed by atoms with Gasteiger partial charge >= 0.3 is 6.03 Å². The van der Waals surface area contributed by atoms with Gasteiger partial charge in [-0.3, -0.25) is 0 Å². The average molecular weight is 323 g/mol. The molecule has 2 N–H and O–H groups in total. The van der Waals surface area contributed by atoms with Gasteiger partial charge < -0.3 is 10.6 Å². The lowest BCUT2D eigenvalue weighted by atomic mass is 10.1. The summed E-state index contributed by atoms with van der Waals surface area (Å²) in [6, 6.07) is 15.1. The average Bonchev–Trinajstić information content (AvgIpc) is 2.94. The van der Waals surface area contributed by atoms with E-state index >= 15 is 0 Å². The second-order valence-electron chi connectivity index (χ2n) is 5.25. The maximum Gasteiger partial charge on any atom is 0.323 e. The van der Waals surface area contributed by atoms with Gasteiger partial charge in [-0.25, -0.2) is 9.78 Å². The summed E-state index contributed by atoms with van der Waals surface area (Å²) in [6.07, 6.45) is 0. The summed E-state index contributed by atoms with van der Waals surface area (Å²) in [4.78, 5) is 16.7. The second-order valence-corrected chi connectivity index (χ2v) is 6.31. The van der Waals surface area contributed by atoms with Crippen molar-refractivity contribution in [2.75, 3.05) is 10.6 Å². The fraction of sp³-hybridized carbons (Fsp3) is 0.111. The van der Waals surface area contributed by atoms with E-state index in [1.54, 1.807) is 11.3 Å². The molecule has 116 valence electrons. The molecule has 3 rings (SSSR count). The molecule has 0 atom stereocenters. The van der Waals surface area contributed by atoms with E-state index in [2.05, 4.69) is 15.6 Å². The molecule has 0 saturated carbocycles. The second kappa shape index (κ2) is 6.62. The highest BCUT2D eigenvalue weighted by Gasteiger charge is 2.10. The van der Waals surface area contributed by atoms with E-state index in [1.165, 1.54) is 0 Å². The Labute approximate surface area is 139 Å². The third kappa shape index (κ3) is 3.76. The van der Waals surface area contributed by atoms with Crippen molar-refractivity contribution in [2.45, 2.75) is 13.8 Å². The molecule has 0 aliphatic carbocycles. The summed E-state index contributed by atoms with van der Waals surface area (Å²) in [5.74, 6) is 0. The van der Waals surface area contributed by atoms with E-state index in [1.807, 2.05) is 67.8 Å². The molecule has 2 aromatic carbocycles. The number of nitrogens with one attached hydrogen (secondary N) is 2. The number of hydrogen-bond acceptors (Lipinski definition) is 3. The Morgan fingerprint density at radius 2 is 1.87 bits per heavy atom. The lowest BCUT2D eigenvalue weighted by molar-refractivity contribution is 0.262. The Hall–Kier alpha value is -2.66. The molecule has 23 heavy (non-hydrogen) atoms. The first-order valence-electron chi connectivity index (χ1n) is 7.28. The Kier molecular flexibility index (Phi) is 4.39.